The highest BCUT2D eigenvalue weighted by molar-refractivity contribution is 5.80. The Balaban J connectivity index is -0.000000210. The van der Waals surface area contributed by atoms with Crippen LogP contribution in [-0.2, 0) is 9.53 Å². The second-order valence-electron chi connectivity index (χ2n) is 8.18. The summed E-state index contributed by atoms with van der Waals surface area (Å²) < 4.78 is 5.29. The first-order valence-corrected chi connectivity index (χ1v) is 12.9. The first-order valence-electron chi connectivity index (χ1n) is 12.9. The van der Waals surface area contributed by atoms with E-state index in [4.69, 9.17) is 30.3 Å². The van der Waals surface area contributed by atoms with E-state index < -0.39 is 30.8 Å². The highest BCUT2D eigenvalue weighted by Gasteiger charge is 2.22. The molecule has 0 saturated heterocycles. The maximum absolute atomic E-state index is 10.7. The Hall–Kier alpha value is -0.770. The van der Waals surface area contributed by atoms with E-state index in [9.17, 15) is 4.79 Å². The van der Waals surface area contributed by atoms with Crippen LogP contribution in [0.15, 0.2) is 0 Å². The standard InChI is InChI=1S/C13H28O.C7H15NO5.C5H12O.CH4/c1-3-5-6-7-8-9-10-11-12-13-14-4-2;1-8-7(13)5(11)2-4(10)6(12)3-9;1-3-5(6)4-2;/h3-13H2,1-2H3;4-6,9-12H,2-3H2,1H3,(H,8,13);5-6H,3-4H2,1-2H3;1H4/t;4-,5+,6+;;/m.0../s1. The molecule has 1 amide bonds. The van der Waals surface area contributed by atoms with Gasteiger partial charge in [0, 0.05) is 26.7 Å². The third-order valence-electron chi connectivity index (χ3n) is 5.18. The van der Waals surface area contributed by atoms with Gasteiger partial charge in [-0.25, -0.2) is 0 Å². The largest absolute Gasteiger partial charge is 0.394 e. The van der Waals surface area contributed by atoms with Gasteiger partial charge in [0.15, 0.2) is 0 Å². The first-order chi connectivity index (χ1) is 15.7. The topological polar surface area (TPSA) is 139 Å². The molecule has 8 nitrogen and oxygen atoms in total. The number of hydrogen-bond donors (Lipinski definition) is 6. The summed E-state index contributed by atoms with van der Waals surface area (Å²) in [6, 6.07) is 0. The van der Waals surface area contributed by atoms with Crippen LogP contribution in [0.3, 0.4) is 0 Å². The molecule has 0 spiro atoms. The lowest BCUT2D eigenvalue weighted by Gasteiger charge is -2.17. The minimum atomic E-state index is -1.37. The van der Waals surface area contributed by atoms with Crippen LogP contribution >= 0.6 is 0 Å². The van der Waals surface area contributed by atoms with E-state index in [0.717, 1.165) is 26.1 Å². The molecule has 0 aromatic carbocycles. The van der Waals surface area contributed by atoms with Crippen molar-refractivity contribution >= 4 is 5.91 Å². The maximum atomic E-state index is 10.7. The highest BCUT2D eigenvalue weighted by Crippen LogP contribution is 2.09. The Morgan fingerprint density at radius 3 is 1.62 bits per heavy atom. The lowest BCUT2D eigenvalue weighted by molar-refractivity contribution is -0.131. The molecule has 0 aromatic heterocycles. The van der Waals surface area contributed by atoms with E-state index in [1.165, 1.54) is 64.8 Å². The van der Waals surface area contributed by atoms with Gasteiger partial charge < -0.3 is 35.6 Å². The molecule has 34 heavy (non-hydrogen) atoms. The van der Waals surface area contributed by atoms with Gasteiger partial charge in [-0.3, -0.25) is 4.79 Å². The van der Waals surface area contributed by atoms with E-state index in [1.54, 1.807) is 0 Å². The number of ether oxygens (including phenoxy) is 1. The Morgan fingerprint density at radius 2 is 1.26 bits per heavy atom. The summed E-state index contributed by atoms with van der Waals surface area (Å²) >= 11 is 0. The van der Waals surface area contributed by atoms with Crippen LogP contribution in [0.4, 0.5) is 0 Å². The lowest BCUT2D eigenvalue weighted by Crippen LogP contribution is -2.39. The molecule has 6 N–H and O–H groups in total. The molecule has 0 bridgehead atoms. The van der Waals surface area contributed by atoms with Gasteiger partial charge in [-0.1, -0.05) is 79.6 Å². The third kappa shape index (κ3) is 31.2. The second-order valence-corrected chi connectivity index (χ2v) is 8.18. The summed E-state index contributed by atoms with van der Waals surface area (Å²) in [6.45, 7) is 9.52. The Bertz CT molecular complexity index is 370. The van der Waals surface area contributed by atoms with E-state index in [2.05, 4.69) is 19.2 Å². The molecular weight excluding hydrogens is 438 g/mol. The summed E-state index contributed by atoms with van der Waals surface area (Å²) in [4.78, 5) is 10.7. The number of aliphatic hydroxyl groups excluding tert-OH is 5. The maximum Gasteiger partial charge on any atom is 0.248 e. The number of amides is 1. The number of nitrogens with one attached hydrogen (secondary N) is 1. The molecular formula is C26H59NO7. The Labute approximate surface area is 210 Å². The number of carbonyl (C=O) groups is 1. The van der Waals surface area contributed by atoms with Crippen LogP contribution in [0.2, 0.25) is 0 Å². The van der Waals surface area contributed by atoms with Crippen LogP contribution in [0.1, 0.15) is 112 Å². The third-order valence-corrected chi connectivity index (χ3v) is 5.18. The number of likely N-dealkylation sites (N-methyl/N-ethyl adjacent to an activating group) is 1. The van der Waals surface area contributed by atoms with Crippen molar-refractivity contribution in [2.24, 2.45) is 0 Å². The smallest absolute Gasteiger partial charge is 0.248 e. The van der Waals surface area contributed by atoms with Crippen molar-refractivity contribution in [3.8, 4) is 0 Å². The normalized spacial score (nSPS) is 12.9. The van der Waals surface area contributed by atoms with Gasteiger partial charge in [-0.05, 0) is 26.2 Å². The first kappa shape index (κ1) is 40.4. The molecule has 0 aliphatic carbocycles. The Kier molecular flexibility index (Phi) is 38.3. The van der Waals surface area contributed by atoms with Crippen molar-refractivity contribution in [1.82, 2.24) is 5.32 Å². The molecule has 0 heterocycles. The average molecular weight is 498 g/mol. The van der Waals surface area contributed by atoms with Crippen LogP contribution in [-0.4, -0.2) is 82.7 Å². The van der Waals surface area contributed by atoms with Crippen LogP contribution in [0, 0.1) is 0 Å². The van der Waals surface area contributed by atoms with Gasteiger partial charge >= 0.3 is 0 Å². The molecule has 0 rings (SSSR count). The molecule has 0 radical (unpaired) electrons. The summed E-state index contributed by atoms with van der Waals surface area (Å²) in [5.41, 5.74) is 0. The van der Waals surface area contributed by atoms with E-state index in [1.807, 2.05) is 13.8 Å². The fourth-order valence-corrected chi connectivity index (χ4v) is 2.73. The van der Waals surface area contributed by atoms with Crippen molar-refractivity contribution < 1.29 is 35.1 Å². The number of hydrogen-bond acceptors (Lipinski definition) is 7. The van der Waals surface area contributed by atoms with Crippen molar-refractivity contribution in [2.45, 2.75) is 137 Å². The fraction of sp³-hybridized carbons (Fsp3) is 0.962. The number of rotatable bonds is 18. The van der Waals surface area contributed by atoms with Gasteiger partial charge in [0.1, 0.15) is 12.2 Å². The van der Waals surface area contributed by atoms with Crippen molar-refractivity contribution in [2.75, 3.05) is 26.9 Å². The number of aliphatic hydroxyl groups is 5. The average Bonchev–Trinajstić information content (AvgIpc) is 2.84. The molecule has 0 aromatic rings. The zero-order valence-electron chi connectivity index (χ0n) is 22.0. The predicted molar refractivity (Wildman–Crippen MR) is 141 cm³/mol. The van der Waals surface area contributed by atoms with Gasteiger partial charge in [-0.15, -0.1) is 0 Å². The Morgan fingerprint density at radius 1 is 0.794 bits per heavy atom. The summed E-state index contributed by atoms with van der Waals surface area (Å²) in [5, 5.41) is 46.3. The van der Waals surface area contributed by atoms with Crippen LogP contribution < -0.4 is 5.32 Å². The molecule has 0 aliphatic rings. The quantitative estimate of drug-likeness (QED) is 0.159. The predicted octanol–water partition coefficient (Wildman–Crippen LogP) is 3.55. The monoisotopic (exact) mass is 497 g/mol. The van der Waals surface area contributed by atoms with Crippen LogP contribution in [0.25, 0.3) is 0 Å². The van der Waals surface area contributed by atoms with Gasteiger partial charge in [0.2, 0.25) is 5.91 Å². The SMILES string of the molecule is C.CCC(O)CC.CCCCCCCCCCCOCC.CNC(=O)[C@H](O)C[C@H](O)[C@H](O)CO. The van der Waals surface area contributed by atoms with E-state index >= 15 is 0 Å². The summed E-state index contributed by atoms with van der Waals surface area (Å²) in [5.74, 6) is -0.635. The minimum Gasteiger partial charge on any atom is -0.394 e. The summed E-state index contributed by atoms with van der Waals surface area (Å²) in [6.07, 6.45) is 9.92. The molecule has 0 fully saturated rings. The van der Waals surface area contributed by atoms with Crippen molar-refractivity contribution in [3.05, 3.63) is 0 Å². The van der Waals surface area contributed by atoms with Gasteiger partial charge in [0.25, 0.3) is 0 Å². The molecule has 0 saturated carbocycles. The van der Waals surface area contributed by atoms with Crippen molar-refractivity contribution in [1.29, 1.82) is 0 Å². The zero-order valence-corrected chi connectivity index (χ0v) is 22.0. The van der Waals surface area contributed by atoms with Crippen molar-refractivity contribution in [3.63, 3.8) is 0 Å². The molecule has 8 heteroatoms. The molecule has 0 aliphatic heterocycles. The fourth-order valence-electron chi connectivity index (χ4n) is 2.73. The van der Waals surface area contributed by atoms with Crippen LogP contribution in [0.5, 0.6) is 0 Å². The zero-order chi connectivity index (χ0) is 25.9. The second kappa shape index (κ2) is 32.2. The van der Waals surface area contributed by atoms with E-state index in [0.29, 0.717) is 0 Å². The van der Waals surface area contributed by atoms with E-state index in [-0.39, 0.29) is 20.0 Å². The molecule has 210 valence electrons. The lowest BCUT2D eigenvalue weighted by atomic mass is 10.1. The van der Waals surface area contributed by atoms with Gasteiger partial charge in [-0.2, -0.15) is 0 Å². The molecule has 3 atom stereocenters. The number of carbonyl (C=O) groups excluding carboxylic acids is 1. The minimum absolute atomic E-state index is 0. The number of unbranched alkanes of at least 4 members (excludes halogenated alkanes) is 8. The van der Waals surface area contributed by atoms with Gasteiger partial charge in [0.05, 0.1) is 18.8 Å². The summed E-state index contributed by atoms with van der Waals surface area (Å²) in [7, 11) is 1.35. The molecule has 0 unspecified atom stereocenters. The highest BCUT2D eigenvalue weighted by atomic mass is 16.5.